The molecule has 0 bridgehead atoms. The zero-order chi connectivity index (χ0) is 21.0. The van der Waals surface area contributed by atoms with Crippen LogP contribution in [0.15, 0.2) is 23.8 Å². The van der Waals surface area contributed by atoms with E-state index >= 15 is 0 Å². The molecule has 9 atom stereocenters. The van der Waals surface area contributed by atoms with Gasteiger partial charge in [0.15, 0.2) is 0 Å². The Labute approximate surface area is 180 Å². The number of fused-ring (bicyclic) bond motifs is 5. The molecule has 4 rings (SSSR count). The minimum atomic E-state index is -0.0866. The van der Waals surface area contributed by atoms with E-state index in [4.69, 9.17) is 0 Å². The normalized spacial score (nSPS) is 46.8. The molecular weight excluding hydrogens is 352 g/mol. The van der Waals surface area contributed by atoms with Crippen LogP contribution in [0.3, 0.4) is 0 Å². The number of allylic oxidation sites excluding steroid dienone is 3. The SMILES string of the molecule is CC(C)[C@H](C)C=CC(C)[C@H]1CCC2C3CC=C4C[C@@H](O)CC[C@]4(C)C3CC[C@@]21C. The van der Waals surface area contributed by atoms with Gasteiger partial charge in [-0.05, 0) is 104 Å². The summed E-state index contributed by atoms with van der Waals surface area (Å²) in [6.45, 7) is 14.7. The van der Waals surface area contributed by atoms with Crippen molar-refractivity contribution in [3.8, 4) is 0 Å². The van der Waals surface area contributed by atoms with Gasteiger partial charge in [-0.1, -0.05) is 65.3 Å². The van der Waals surface area contributed by atoms with Gasteiger partial charge in [-0.15, -0.1) is 0 Å². The van der Waals surface area contributed by atoms with Gasteiger partial charge in [-0.2, -0.15) is 0 Å². The zero-order valence-electron chi connectivity index (χ0n) is 20.0. The van der Waals surface area contributed by atoms with Gasteiger partial charge in [0.05, 0.1) is 6.10 Å². The van der Waals surface area contributed by atoms with Crippen LogP contribution in [-0.2, 0) is 0 Å². The van der Waals surface area contributed by atoms with Crippen LogP contribution >= 0.6 is 0 Å². The molecule has 3 saturated carbocycles. The summed E-state index contributed by atoms with van der Waals surface area (Å²) in [7, 11) is 0. The molecule has 0 heterocycles. The summed E-state index contributed by atoms with van der Waals surface area (Å²) in [5, 5.41) is 10.2. The van der Waals surface area contributed by atoms with Crippen molar-refractivity contribution in [1.29, 1.82) is 0 Å². The Balaban J connectivity index is 1.53. The molecule has 0 aliphatic heterocycles. The molecule has 0 spiro atoms. The molecule has 0 aromatic carbocycles. The molecule has 0 aromatic heterocycles. The molecule has 0 aromatic rings. The molecule has 0 radical (unpaired) electrons. The van der Waals surface area contributed by atoms with Crippen molar-refractivity contribution in [2.75, 3.05) is 0 Å². The highest BCUT2D eigenvalue weighted by Gasteiger charge is 2.58. The van der Waals surface area contributed by atoms with Gasteiger partial charge in [0.1, 0.15) is 0 Å². The Kier molecular flexibility index (Phi) is 5.86. The quantitative estimate of drug-likeness (QED) is 0.489. The van der Waals surface area contributed by atoms with E-state index in [0.717, 1.165) is 42.4 Å². The number of rotatable bonds is 4. The van der Waals surface area contributed by atoms with Crippen molar-refractivity contribution in [2.45, 2.75) is 99.0 Å². The number of aliphatic hydroxyl groups excluding tert-OH is 1. The van der Waals surface area contributed by atoms with Gasteiger partial charge in [-0.25, -0.2) is 0 Å². The Morgan fingerprint density at radius 3 is 2.45 bits per heavy atom. The highest BCUT2D eigenvalue weighted by atomic mass is 16.3. The van der Waals surface area contributed by atoms with Crippen molar-refractivity contribution in [3.63, 3.8) is 0 Å². The van der Waals surface area contributed by atoms with E-state index in [2.05, 4.69) is 59.8 Å². The summed E-state index contributed by atoms with van der Waals surface area (Å²) in [6, 6.07) is 0. The molecule has 0 amide bonds. The third kappa shape index (κ3) is 3.58. The molecular formula is C28H46O. The van der Waals surface area contributed by atoms with Gasteiger partial charge in [0, 0.05) is 0 Å². The molecule has 1 nitrogen and oxygen atoms in total. The van der Waals surface area contributed by atoms with Gasteiger partial charge in [-0.3, -0.25) is 0 Å². The maximum Gasteiger partial charge on any atom is 0.0577 e. The summed E-state index contributed by atoms with van der Waals surface area (Å²) in [4.78, 5) is 0. The van der Waals surface area contributed by atoms with E-state index in [-0.39, 0.29) is 6.10 Å². The highest BCUT2D eigenvalue weighted by Crippen LogP contribution is 2.67. The lowest BCUT2D eigenvalue weighted by Gasteiger charge is -2.58. The lowest BCUT2D eigenvalue weighted by atomic mass is 9.47. The van der Waals surface area contributed by atoms with Crippen molar-refractivity contribution < 1.29 is 5.11 Å². The first-order chi connectivity index (χ1) is 13.7. The number of hydrogen-bond donors (Lipinski definition) is 1. The molecule has 164 valence electrons. The van der Waals surface area contributed by atoms with Gasteiger partial charge in [0.25, 0.3) is 0 Å². The van der Waals surface area contributed by atoms with E-state index < -0.39 is 0 Å². The Morgan fingerprint density at radius 1 is 0.966 bits per heavy atom. The van der Waals surface area contributed by atoms with Crippen LogP contribution in [0.5, 0.6) is 0 Å². The fourth-order valence-corrected chi connectivity index (χ4v) is 8.25. The first-order valence-electron chi connectivity index (χ1n) is 12.7. The van der Waals surface area contributed by atoms with E-state index in [9.17, 15) is 5.11 Å². The fraction of sp³-hybridized carbons (Fsp3) is 0.857. The summed E-state index contributed by atoms with van der Waals surface area (Å²) in [5.41, 5.74) is 2.51. The average Bonchev–Trinajstić information content (AvgIpc) is 3.03. The van der Waals surface area contributed by atoms with Crippen LogP contribution in [0.25, 0.3) is 0 Å². The predicted octanol–water partition coefficient (Wildman–Crippen LogP) is 7.41. The Morgan fingerprint density at radius 2 is 1.72 bits per heavy atom. The van der Waals surface area contributed by atoms with E-state index in [1.54, 1.807) is 5.57 Å². The standard InChI is InChI=1S/C28H46O/c1-18(2)19(3)7-8-20(4)24-11-12-25-23-10-9-21-17-22(29)13-15-27(21,5)26(23)14-16-28(24,25)6/h7-9,18-20,22-26,29H,10-17H2,1-6H3/t19-,20?,22+,23?,24-,25?,26?,27+,28-/m1/s1. The van der Waals surface area contributed by atoms with E-state index in [1.165, 1.54) is 38.5 Å². The first kappa shape index (κ1) is 21.7. The second-order valence-corrected chi connectivity index (χ2v) is 12.2. The fourth-order valence-electron chi connectivity index (χ4n) is 8.25. The minimum Gasteiger partial charge on any atom is -0.393 e. The summed E-state index contributed by atoms with van der Waals surface area (Å²) in [6.07, 6.45) is 17.7. The summed E-state index contributed by atoms with van der Waals surface area (Å²) >= 11 is 0. The first-order valence-corrected chi connectivity index (χ1v) is 12.7. The second-order valence-electron chi connectivity index (χ2n) is 12.2. The molecule has 1 heteroatoms. The second kappa shape index (κ2) is 7.85. The maximum absolute atomic E-state index is 10.2. The monoisotopic (exact) mass is 398 g/mol. The molecule has 4 unspecified atom stereocenters. The van der Waals surface area contributed by atoms with Crippen molar-refractivity contribution in [1.82, 2.24) is 0 Å². The zero-order valence-corrected chi connectivity index (χ0v) is 20.0. The van der Waals surface area contributed by atoms with E-state index in [1.807, 2.05) is 0 Å². The van der Waals surface area contributed by atoms with Gasteiger partial charge < -0.3 is 5.11 Å². The van der Waals surface area contributed by atoms with Crippen molar-refractivity contribution in [2.24, 2.45) is 52.3 Å². The summed E-state index contributed by atoms with van der Waals surface area (Å²) in [5.74, 6) is 5.63. The third-order valence-electron chi connectivity index (χ3n) is 10.6. The number of aliphatic hydroxyl groups is 1. The Bertz CT molecular complexity index is 659. The van der Waals surface area contributed by atoms with Crippen LogP contribution in [0, 0.1) is 52.3 Å². The molecule has 0 saturated heterocycles. The topological polar surface area (TPSA) is 20.2 Å². The van der Waals surface area contributed by atoms with Crippen LogP contribution in [-0.4, -0.2) is 11.2 Å². The van der Waals surface area contributed by atoms with E-state index in [0.29, 0.717) is 22.7 Å². The predicted molar refractivity (Wildman–Crippen MR) is 124 cm³/mol. The smallest absolute Gasteiger partial charge is 0.0577 e. The molecule has 3 fully saturated rings. The lowest BCUT2D eigenvalue weighted by molar-refractivity contribution is -0.0540. The Hall–Kier alpha value is -0.560. The highest BCUT2D eigenvalue weighted by molar-refractivity contribution is 5.25. The molecule has 4 aliphatic rings. The average molecular weight is 399 g/mol. The largest absolute Gasteiger partial charge is 0.393 e. The van der Waals surface area contributed by atoms with Gasteiger partial charge in [0.2, 0.25) is 0 Å². The maximum atomic E-state index is 10.2. The van der Waals surface area contributed by atoms with Crippen molar-refractivity contribution in [3.05, 3.63) is 23.8 Å². The van der Waals surface area contributed by atoms with Gasteiger partial charge >= 0.3 is 0 Å². The molecule has 4 aliphatic carbocycles. The lowest BCUT2D eigenvalue weighted by Crippen LogP contribution is -2.50. The van der Waals surface area contributed by atoms with Crippen LogP contribution in [0.1, 0.15) is 92.9 Å². The molecule has 1 N–H and O–H groups in total. The minimum absolute atomic E-state index is 0.0866. The van der Waals surface area contributed by atoms with Crippen LogP contribution in [0.4, 0.5) is 0 Å². The number of hydrogen-bond acceptors (Lipinski definition) is 1. The summed E-state index contributed by atoms with van der Waals surface area (Å²) < 4.78 is 0. The van der Waals surface area contributed by atoms with Crippen molar-refractivity contribution >= 4 is 0 Å². The molecule has 29 heavy (non-hydrogen) atoms. The van der Waals surface area contributed by atoms with Crippen LogP contribution < -0.4 is 0 Å². The van der Waals surface area contributed by atoms with Crippen LogP contribution in [0.2, 0.25) is 0 Å². The third-order valence-corrected chi connectivity index (χ3v) is 10.6.